The summed E-state index contributed by atoms with van der Waals surface area (Å²) in [5, 5.41) is 11.1. The van der Waals surface area contributed by atoms with E-state index in [1.54, 1.807) is 12.1 Å². The van der Waals surface area contributed by atoms with Crippen molar-refractivity contribution in [1.29, 1.82) is 0 Å². The molecule has 0 aliphatic carbocycles. The second kappa shape index (κ2) is 4.80. The Bertz CT molecular complexity index is 835. The van der Waals surface area contributed by atoms with Crippen molar-refractivity contribution in [1.82, 2.24) is 9.21 Å². The molecule has 0 radical (unpaired) electrons. The van der Waals surface area contributed by atoms with Gasteiger partial charge in [0, 0.05) is 6.54 Å². The lowest BCUT2D eigenvalue weighted by Crippen LogP contribution is -2.57. The van der Waals surface area contributed by atoms with Crippen molar-refractivity contribution in [2.24, 2.45) is 5.92 Å². The van der Waals surface area contributed by atoms with Crippen molar-refractivity contribution >= 4 is 21.8 Å². The van der Waals surface area contributed by atoms with Crippen LogP contribution in [-0.2, 0) is 19.6 Å². The first kappa shape index (κ1) is 15.6. The highest BCUT2D eigenvalue weighted by molar-refractivity contribution is 7.89. The van der Waals surface area contributed by atoms with E-state index in [4.69, 9.17) is 0 Å². The van der Waals surface area contributed by atoms with Crippen LogP contribution in [0.1, 0.15) is 24.8 Å². The Morgan fingerprint density at radius 3 is 2.54 bits per heavy atom. The van der Waals surface area contributed by atoms with Gasteiger partial charge in [-0.05, 0) is 31.9 Å². The predicted octanol–water partition coefficient (Wildman–Crippen LogP) is 0.225. The summed E-state index contributed by atoms with van der Waals surface area (Å²) in [7, 11) is -4.11. The molecule has 1 N–H and O–H groups in total. The predicted molar refractivity (Wildman–Crippen MR) is 83.0 cm³/mol. The minimum atomic E-state index is -4.11. The highest BCUT2D eigenvalue weighted by atomic mass is 32.2. The Morgan fingerprint density at radius 1 is 1.21 bits per heavy atom. The molecule has 3 heterocycles. The lowest BCUT2D eigenvalue weighted by molar-refractivity contribution is -0.165. The number of aryl methyl sites for hydroxylation is 1. The van der Waals surface area contributed by atoms with Gasteiger partial charge in [0.15, 0.2) is 5.72 Å². The van der Waals surface area contributed by atoms with Crippen LogP contribution < -0.4 is 0 Å². The fraction of sp³-hybridized carbons (Fsp3) is 0.500. The number of amides is 2. The van der Waals surface area contributed by atoms with Gasteiger partial charge < -0.3 is 10.0 Å². The van der Waals surface area contributed by atoms with Gasteiger partial charge in [0.2, 0.25) is 11.8 Å². The van der Waals surface area contributed by atoms with E-state index >= 15 is 0 Å². The maximum absolute atomic E-state index is 13.0. The topological polar surface area (TPSA) is 95.0 Å². The molecule has 128 valence electrons. The summed E-state index contributed by atoms with van der Waals surface area (Å²) in [6.07, 6.45) is 0.801. The molecule has 3 saturated heterocycles. The average Bonchev–Trinajstić information content (AvgIpc) is 2.91. The highest BCUT2D eigenvalue weighted by Crippen LogP contribution is 2.50. The smallest absolute Gasteiger partial charge is 0.266 e. The molecule has 0 spiro atoms. The van der Waals surface area contributed by atoms with E-state index in [-0.39, 0.29) is 17.2 Å². The van der Waals surface area contributed by atoms with Crippen LogP contribution >= 0.6 is 0 Å². The van der Waals surface area contributed by atoms with Crippen LogP contribution in [0.5, 0.6) is 0 Å². The van der Waals surface area contributed by atoms with Gasteiger partial charge >= 0.3 is 0 Å². The molecule has 0 saturated carbocycles. The largest absolute Gasteiger partial charge is 0.368 e. The molecular formula is C16H18N2O5S. The summed E-state index contributed by atoms with van der Waals surface area (Å²) in [6, 6.07) is 5.15. The summed E-state index contributed by atoms with van der Waals surface area (Å²) < 4.78 is 26.8. The zero-order valence-electron chi connectivity index (χ0n) is 13.2. The summed E-state index contributed by atoms with van der Waals surface area (Å²) in [5.41, 5.74) is -0.805. The number of carbonyl (C=O) groups is 2. The van der Waals surface area contributed by atoms with Crippen LogP contribution in [0.2, 0.25) is 0 Å². The zero-order valence-corrected chi connectivity index (χ0v) is 14.0. The fourth-order valence-electron chi connectivity index (χ4n) is 4.17. The molecule has 0 unspecified atom stereocenters. The van der Waals surface area contributed by atoms with Gasteiger partial charge in [-0.2, -0.15) is 0 Å². The first-order valence-electron chi connectivity index (χ1n) is 7.95. The Labute approximate surface area is 139 Å². The summed E-state index contributed by atoms with van der Waals surface area (Å²) in [5.74, 6) is -1.79. The molecule has 1 aromatic carbocycles. The SMILES string of the molecule is Cc1ccc(S(=O)(=O)N2C(=O)[C@H]3CCCN4C(=O)C[C@@H]2[C@@]34O)cc1. The summed E-state index contributed by atoms with van der Waals surface area (Å²) in [6.45, 7) is 2.19. The molecular weight excluding hydrogens is 332 g/mol. The number of nitrogens with zero attached hydrogens (tertiary/aromatic N) is 2. The van der Waals surface area contributed by atoms with Crippen molar-refractivity contribution in [3.63, 3.8) is 0 Å². The Hall–Kier alpha value is -1.93. The number of rotatable bonds is 2. The molecule has 0 aromatic heterocycles. The molecule has 2 amide bonds. The normalized spacial score (nSPS) is 32.4. The van der Waals surface area contributed by atoms with Crippen LogP contribution in [0, 0.1) is 12.8 Å². The fourth-order valence-corrected chi connectivity index (χ4v) is 5.81. The second-order valence-electron chi connectivity index (χ2n) is 6.70. The molecule has 4 rings (SSSR count). The Kier molecular flexibility index (Phi) is 3.11. The first-order chi connectivity index (χ1) is 11.3. The van der Waals surface area contributed by atoms with E-state index in [2.05, 4.69) is 0 Å². The van der Waals surface area contributed by atoms with Gasteiger partial charge in [-0.25, -0.2) is 12.7 Å². The maximum atomic E-state index is 13.0. The van der Waals surface area contributed by atoms with Gasteiger partial charge in [-0.15, -0.1) is 0 Å². The zero-order chi connectivity index (χ0) is 17.3. The van der Waals surface area contributed by atoms with Crippen LogP contribution in [0.3, 0.4) is 0 Å². The number of hydrogen-bond donors (Lipinski definition) is 1. The molecule has 24 heavy (non-hydrogen) atoms. The quantitative estimate of drug-likeness (QED) is 0.824. The van der Waals surface area contributed by atoms with E-state index in [0.29, 0.717) is 19.4 Å². The highest BCUT2D eigenvalue weighted by Gasteiger charge is 2.70. The number of aliphatic hydroxyl groups is 1. The molecule has 8 heteroatoms. The second-order valence-corrected chi connectivity index (χ2v) is 8.51. The Morgan fingerprint density at radius 2 is 1.88 bits per heavy atom. The van der Waals surface area contributed by atoms with Crippen molar-refractivity contribution in [3.05, 3.63) is 29.8 Å². The van der Waals surface area contributed by atoms with Gasteiger partial charge in [-0.1, -0.05) is 17.7 Å². The molecule has 0 bridgehead atoms. The third-order valence-corrected chi connectivity index (χ3v) is 7.18. The van der Waals surface area contributed by atoms with Crippen molar-refractivity contribution < 1.29 is 23.1 Å². The molecule has 7 nitrogen and oxygen atoms in total. The van der Waals surface area contributed by atoms with Crippen LogP contribution in [-0.4, -0.2) is 52.9 Å². The lowest BCUT2D eigenvalue weighted by Gasteiger charge is -2.40. The van der Waals surface area contributed by atoms with Crippen LogP contribution in [0.4, 0.5) is 0 Å². The minimum absolute atomic E-state index is 0.00500. The van der Waals surface area contributed by atoms with E-state index < -0.39 is 33.6 Å². The first-order valence-corrected chi connectivity index (χ1v) is 9.39. The van der Waals surface area contributed by atoms with Gasteiger partial charge in [0.1, 0.15) is 6.04 Å². The lowest BCUT2D eigenvalue weighted by atomic mass is 9.87. The van der Waals surface area contributed by atoms with E-state index in [9.17, 15) is 23.1 Å². The van der Waals surface area contributed by atoms with E-state index in [1.165, 1.54) is 17.0 Å². The summed E-state index contributed by atoms with van der Waals surface area (Å²) >= 11 is 0. The maximum Gasteiger partial charge on any atom is 0.266 e. The van der Waals surface area contributed by atoms with E-state index in [0.717, 1.165) is 9.87 Å². The van der Waals surface area contributed by atoms with Crippen LogP contribution in [0.25, 0.3) is 0 Å². The Balaban J connectivity index is 1.83. The molecule has 3 aliphatic heterocycles. The number of benzene rings is 1. The van der Waals surface area contributed by atoms with Gasteiger partial charge in [0.05, 0.1) is 17.2 Å². The van der Waals surface area contributed by atoms with Gasteiger partial charge in [0.25, 0.3) is 10.0 Å². The van der Waals surface area contributed by atoms with Crippen molar-refractivity contribution in [2.45, 2.75) is 42.8 Å². The molecule has 3 fully saturated rings. The number of piperidine rings is 1. The van der Waals surface area contributed by atoms with Crippen molar-refractivity contribution in [3.8, 4) is 0 Å². The number of sulfonamides is 1. The molecule has 3 aliphatic rings. The van der Waals surface area contributed by atoms with Gasteiger partial charge in [-0.3, -0.25) is 9.59 Å². The summed E-state index contributed by atoms with van der Waals surface area (Å²) in [4.78, 5) is 26.3. The third kappa shape index (κ3) is 1.78. The standard InChI is InChI=1S/C16H18N2O5S/c1-10-4-6-11(7-5-10)24(22,23)18-13-9-14(19)17-8-2-3-12(15(18)20)16(13,17)21/h4-7,12-13,21H,2-3,8-9H2,1H3/t12-,13-,16+/m1/s1. The van der Waals surface area contributed by atoms with Crippen molar-refractivity contribution in [2.75, 3.05) is 6.54 Å². The van der Waals surface area contributed by atoms with E-state index in [1.807, 2.05) is 6.92 Å². The molecule has 3 atom stereocenters. The minimum Gasteiger partial charge on any atom is -0.368 e. The third-order valence-electron chi connectivity index (χ3n) is 5.36. The van der Waals surface area contributed by atoms with Crippen LogP contribution in [0.15, 0.2) is 29.2 Å². The number of hydrogen-bond acceptors (Lipinski definition) is 5. The number of carbonyl (C=O) groups excluding carboxylic acids is 2. The monoisotopic (exact) mass is 350 g/mol. The molecule has 1 aromatic rings. The average molecular weight is 350 g/mol.